The first-order valence-electron chi connectivity index (χ1n) is 9.48. The molecule has 1 heterocycles. The number of amides is 1. The summed E-state index contributed by atoms with van der Waals surface area (Å²) in [6.07, 6.45) is 11.7. The summed E-state index contributed by atoms with van der Waals surface area (Å²) >= 11 is 0. The van der Waals surface area contributed by atoms with Gasteiger partial charge in [0.25, 0.3) is 0 Å². The Morgan fingerprint density at radius 1 is 1.15 bits per heavy atom. The number of hydrogen-bond donors (Lipinski definition) is 1. The number of aryl methyl sites for hydroxylation is 1. The summed E-state index contributed by atoms with van der Waals surface area (Å²) in [7, 11) is 0. The van der Waals surface area contributed by atoms with E-state index in [1.807, 2.05) is 12.2 Å². The highest BCUT2D eigenvalue weighted by Gasteiger charge is 2.15. The molecule has 2 aromatic carbocycles. The molecule has 3 nitrogen and oxygen atoms in total. The molecule has 0 aliphatic carbocycles. The van der Waals surface area contributed by atoms with Gasteiger partial charge in [0.1, 0.15) is 0 Å². The number of nitrogens with one attached hydrogen (secondary N) is 1. The van der Waals surface area contributed by atoms with Crippen LogP contribution >= 0.6 is 0 Å². The van der Waals surface area contributed by atoms with E-state index in [9.17, 15) is 4.79 Å². The van der Waals surface area contributed by atoms with Crippen molar-refractivity contribution in [2.45, 2.75) is 25.7 Å². The molecule has 1 aliphatic heterocycles. The first kappa shape index (κ1) is 18.4. The maximum absolute atomic E-state index is 11.7. The minimum absolute atomic E-state index is 0.0299. The van der Waals surface area contributed by atoms with E-state index >= 15 is 0 Å². The van der Waals surface area contributed by atoms with E-state index in [0.717, 1.165) is 38.9 Å². The highest BCUT2D eigenvalue weighted by molar-refractivity contribution is 5.87. The van der Waals surface area contributed by atoms with Crippen molar-refractivity contribution in [3.05, 3.63) is 72.3 Å². The van der Waals surface area contributed by atoms with E-state index in [1.165, 1.54) is 16.3 Å². The summed E-state index contributed by atoms with van der Waals surface area (Å²) in [5.41, 5.74) is 1.38. The Balaban J connectivity index is 1.32. The zero-order chi connectivity index (χ0) is 18.0. The summed E-state index contributed by atoms with van der Waals surface area (Å²) in [6.45, 7) is 2.29. The number of fused-ring (bicyclic) bond motifs is 1. The number of carbonyl (C=O) groups is 1. The van der Waals surface area contributed by atoms with Crippen LogP contribution in [0.3, 0.4) is 0 Å². The molecule has 1 fully saturated rings. The molecule has 0 saturated carbocycles. The maximum atomic E-state index is 11.7. The summed E-state index contributed by atoms with van der Waals surface area (Å²) in [5, 5.41) is 5.52. The molecule has 0 bridgehead atoms. The Bertz CT molecular complexity index is 773. The van der Waals surface area contributed by atoms with Crippen molar-refractivity contribution in [1.82, 2.24) is 5.32 Å². The normalized spacial score (nSPS) is 17.5. The highest BCUT2D eigenvalue weighted by Crippen LogP contribution is 2.17. The lowest BCUT2D eigenvalue weighted by Crippen LogP contribution is -2.27. The van der Waals surface area contributed by atoms with E-state index < -0.39 is 0 Å². The number of unbranched alkanes of at least 4 members (excludes halogenated alkanes) is 1. The average molecular weight is 349 g/mol. The van der Waals surface area contributed by atoms with Crippen LogP contribution in [0.15, 0.2) is 66.8 Å². The van der Waals surface area contributed by atoms with Gasteiger partial charge in [0, 0.05) is 25.1 Å². The molecule has 3 rings (SSSR count). The number of ether oxygens (including phenoxy) is 1. The largest absolute Gasteiger partial charge is 0.381 e. The van der Waals surface area contributed by atoms with Gasteiger partial charge in [-0.15, -0.1) is 0 Å². The first-order chi connectivity index (χ1) is 12.8. The van der Waals surface area contributed by atoms with Crippen LogP contribution in [0.5, 0.6) is 0 Å². The quantitative estimate of drug-likeness (QED) is 0.435. The van der Waals surface area contributed by atoms with Gasteiger partial charge in [-0.2, -0.15) is 0 Å². The summed E-state index contributed by atoms with van der Waals surface area (Å²) in [5.74, 6) is 0.440. The third-order valence-corrected chi connectivity index (χ3v) is 4.73. The predicted molar refractivity (Wildman–Crippen MR) is 107 cm³/mol. The lowest BCUT2D eigenvalue weighted by atomic mass is 10.0. The molecule has 2 aromatic rings. The van der Waals surface area contributed by atoms with Gasteiger partial charge in [0.05, 0.1) is 6.61 Å². The SMILES string of the molecule is O=C(/C=C/C=C/CCCc1ccc2ccccc2c1)NCC1CCOC1. The van der Waals surface area contributed by atoms with Gasteiger partial charge in [-0.1, -0.05) is 60.7 Å². The van der Waals surface area contributed by atoms with Crippen molar-refractivity contribution in [1.29, 1.82) is 0 Å². The van der Waals surface area contributed by atoms with Gasteiger partial charge in [0.2, 0.25) is 5.91 Å². The highest BCUT2D eigenvalue weighted by atomic mass is 16.5. The summed E-state index contributed by atoms with van der Waals surface area (Å²) in [4.78, 5) is 11.7. The number of benzene rings is 2. The molecular weight excluding hydrogens is 322 g/mol. The molecular formula is C23H27NO2. The molecule has 26 heavy (non-hydrogen) atoms. The van der Waals surface area contributed by atoms with Crippen molar-refractivity contribution in [2.75, 3.05) is 19.8 Å². The van der Waals surface area contributed by atoms with Crippen LogP contribution in [0.4, 0.5) is 0 Å². The first-order valence-corrected chi connectivity index (χ1v) is 9.48. The summed E-state index contributed by atoms with van der Waals surface area (Å²) in [6, 6.07) is 15.1. The number of hydrogen-bond acceptors (Lipinski definition) is 2. The smallest absolute Gasteiger partial charge is 0.243 e. The zero-order valence-electron chi connectivity index (χ0n) is 15.2. The number of allylic oxidation sites excluding steroid dienone is 3. The minimum Gasteiger partial charge on any atom is -0.381 e. The van der Waals surface area contributed by atoms with Crippen molar-refractivity contribution in [3.63, 3.8) is 0 Å². The van der Waals surface area contributed by atoms with Crippen LogP contribution in [0, 0.1) is 5.92 Å². The van der Waals surface area contributed by atoms with E-state index in [1.54, 1.807) is 6.08 Å². The molecule has 1 amide bonds. The van der Waals surface area contributed by atoms with Crippen molar-refractivity contribution in [3.8, 4) is 0 Å². The standard InChI is InChI=1S/C23H27NO2/c25-23(24-17-20-14-15-26-18-20)11-5-3-1-2-4-8-19-12-13-21-9-6-7-10-22(21)16-19/h1,3,5-7,9-13,16,20H,2,4,8,14-15,17-18H2,(H,24,25)/b3-1+,11-5+. The molecule has 0 radical (unpaired) electrons. The lowest BCUT2D eigenvalue weighted by Gasteiger charge is -2.06. The van der Waals surface area contributed by atoms with Crippen LogP contribution in [-0.2, 0) is 16.0 Å². The molecule has 1 unspecified atom stereocenters. The second-order valence-corrected chi connectivity index (χ2v) is 6.84. The van der Waals surface area contributed by atoms with Crippen LogP contribution in [-0.4, -0.2) is 25.7 Å². The van der Waals surface area contributed by atoms with Crippen LogP contribution in [0.1, 0.15) is 24.8 Å². The van der Waals surface area contributed by atoms with Crippen LogP contribution < -0.4 is 5.32 Å². The lowest BCUT2D eigenvalue weighted by molar-refractivity contribution is -0.116. The van der Waals surface area contributed by atoms with Gasteiger partial charge in [0.15, 0.2) is 0 Å². The molecule has 136 valence electrons. The molecule has 1 atom stereocenters. The molecule has 3 heteroatoms. The second kappa shape index (κ2) is 9.93. The van der Waals surface area contributed by atoms with Gasteiger partial charge in [-0.25, -0.2) is 0 Å². The Labute approximate surface area is 155 Å². The molecule has 0 aromatic heterocycles. The fourth-order valence-corrected chi connectivity index (χ4v) is 3.18. The van der Waals surface area contributed by atoms with E-state index in [2.05, 4.69) is 53.9 Å². The van der Waals surface area contributed by atoms with Crippen LogP contribution in [0.25, 0.3) is 10.8 Å². The fraction of sp³-hybridized carbons (Fsp3) is 0.348. The van der Waals surface area contributed by atoms with Gasteiger partial charge in [-0.05, 0) is 42.0 Å². The van der Waals surface area contributed by atoms with Gasteiger partial charge < -0.3 is 10.1 Å². The molecule has 1 saturated heterocycles. The van der Waals surface area contributed by atoms with Crippen LogP contribution in [0.2, 0.25) is 0 Å². The predicted octanol–water partition coefficient (Wildman–Crippen LogP) is 4.43. The zero-order valence-corrected chi connectivity index (χ0v) is 15.2. The molecule has 1 N–H and O–H groups in total. The number of rotatable bonds is 8. The van der Waals surface area contributed by atoms with Gasteiger partial charge >= 0.3 is 0 Å². The van der Waals surface area contributed by atoms with E-state index in [-0.39, 0.29) is 5.91 Å². The van der Waals surface area contributed by atoms with E-state index in [0.29, 0.717) is 12.5 Å². The van der Waals surface area contributed by atoms with Gasteiger partial charge in [-0.3, -0.25) is 4.79 Å². The Morgan fingerprint density at radius 3 is 2.88 bits per heavy atom. The number of carbonyl (C=O) groups excluding carboxylic acids is 1. The van der Waals surface area contributed by atoms with Crippen molar-refractivity contribution < 1.29 is 9.53 Å². The molecule has 1 aliphatic rings. The van der Waals surface area contributed by atoms with Crippen molar-refractivity contribution in [2.24, 2.45) is 5.92 Å². The van der Waals surface area contributed by atoms with Crippen molar-refractivity contribution >= 4 is 16.7 Å². The Morgan fingerprint density at radius 2 is 2.04 bits per heavy atom. The monoisotopic (exact) mass is 349 g/mol. The topological polar surface area (TPSA) is 38.3 Å². The minimum atomic E-state index is -0.0299. The maximum Gasteiger partial charge on any atom is 0.243 e. The second-order valence-electron chi connectivity index (χ2n) is 6.84. The molecule has 0 spiro atoms. The average Bonchev–Trinajstić information content (AvgIpc) is 3.19. The Kier molecular flexibility index (Phi) is 7.03. The third kappa shape index (κ3) is 5.85. The fourth-order valence-electron chi connectivity index (χ4n) is 3.18. The van der Waals surface area contributed by atoms with E-state index in [4.69, 9.17) is 4.74 Å². The summed E-state index contributed by atoms with van der Waals surface area (Å²) < 4.78 is 5.30. The Hall–Kier alpha value is -2.39. The third-order valence-electron chi connectivity index (χ3n) is 4.73.